The smallest absolute Gasteiger partial charge is 0.238 e. The van der Waals surface area contributed by atoms with Crippen LogP contribution in [-0.2, 0) is 19.2 Å². The summed E-state index contributed by atoms with van der Waals surface area (Å²) in [5.74, 6) is -4.25. The molecule has 232 valence electrons. The quantitative estimate of drug-likeness (QED) is 0.157. The molecule has 48 heavy (non-hydrogen) atoms. The van der Waals surface area contributed by atoms with Gasteiger partial charge in [-0.15, -0.1) is 0 Å². The molecule has 0 spiro atoms. The largest absolute Gasteiger partial charge is 0.274 e. The number of imide groups is 2. The van der Waals surface area contributed by atoms with E-state index in [-0.39, 0.29) is 41.4 Å². The van der Waals surface area contributed by atoms with Gasteiger partial charge in [-0.25, -0.2) is 9.80 Å². The van der Waals surface area contributed by atoms with Crippen LogP contribution >= 0.6 is 0 Å². The fourth-order valence-electron chi connectivity index (χ4n) is 9.80. The molecule has 6 nitrogen and oxygen atoms in total. The van der Waals surface area contributed by atoms with E-state index < -0.39 is 23.7 Å². The number of hydrogen-bond acceptors (Lipinski definition) is 4. The van der Waals surface area contributed by atoms with Gasteiger partial charge in [-0.05, 0) is 46.4 Å². The van der Waals surface area contributed by atoms with Gasteiger partial charge >= 0.3 is 0 Å². The summed E-state index contributed by atoms with van der Waals surface area (Å²) >= 11 is 0. The molecule has 4 aliphatic carbocycles. The summed E-state index contributed by atoms with van der Waals surface area (Å²) in [5, 5.41) is 3.62. The van der Waals surface area contributed by atoms with Crippen molar-refractivity contribution in [3.05, 3.63) is 139 Å². The Morgan fingerprint density at radius 1 is 0.479 bits per heavy atom. The average Bonchev–Trinajstić information content (AvgIpc) is 3.56. The van der Waals surface area contributed by atoms with Crippen molar-refractivity contribution in [1.29, 1.82) is 0 Å². The van der Waals surface area contributed by atoms with E-state index >= 15 is 0 Å². The molecular formula is C42H30N2O4. The maximum absolute atomic E-state index is 14.7. The van der Waals surface area contributed by atoms with Gasteiger partial charge in [-0.1, -0.05) is 121 Å². The SMILES string of the molecule is O=C1[C@@H]2[C@@H]3C=C[C@@H](C4=C(c5ccccc5)C[C@H]5C(=O)N(c6cccc7ccccc67)C(=O)[C@@H]5[C@H]43)[C@H]2C(=O)N1c1cccc2ccccc12. The lowest BCUT2D eigenvalue weighted by atomic mass is 9.49. The predicted octanol–water partition coefficient (Wildman–Crippen LogP) is 7.19. The third-order valence-corrected chi connectivity index (χ3v) is 11.6. The van der Waals surface area contributed by atoms with Crippen molar-refractivity contribution in [2.75, 3.05) is 9.80 Å². The molecule has 0 radical (unpaired) electrons. The average molecular weight is 627 g/mol. The van der Waals surface area contributed by atoms with Crippen LogP contribution in [0, 0.1) is 41.4 Å². The van der Waals surface area contributed by atoms with Gasteiger partial charge in [0.15, 0.2) is 0 Å². The highest BCUT2D eigenvalue weighted by Gasteiger charge is 2.67. The minimum atomic E-state index is -0.619. The van der Waals surface area contributed by atoms with Gasteiger partial charge in [-0.3, -0.25) is 19.2 Å². The molecule has 0 aromatic heterocycles. The van der Waals surface area contributed by atoms with Crippen LogP contribution in [-0.4, -0.2) is 23.6 Å². The Hall–Kier alpha value is -5.62. The zero-order chi connectivity index (χ0) is 32.3. The highest BCUT2D eigenvalue weighted by Crippen LogP contribution is 2.63. The van der Waals surface area contributed by atoms with E-state index in [1.54, 1.807) is 0 Å². The van der Waals surface area contributed by atoms with E-state index in [0.29, 0.717) is 17.8 Å². The summed E-state index contributed by atoms with van der Waals surface area (Å²) in [7, 11) is 0. The van der Waals surface area contributed by atoms with Crippen LogP contribution in [0.5, 0.6) is 0 Å². The Labute approximate surface area is 277 Å². The van der Waals surface area contributed by atoms with Crippen LogP contribution in [0.1, 0.15) is 12.0 Å². The molecule has 0 unspecified atom stereocenters. The second-order valence-electron chi connectivity index (χ2n) is 13.7. The second kappa shape index (κ2) is 9.94. The molecule has 6 heteroatoms. The first-order valence-corrected chi connectivity index (χ1v) is 16.7. The van der Waals surface area contributed by atoms with Crippen molar-refractivity contribution in [2.45, 2.75) is 6.42 Å². The number of carbonyl (C=O) groups is 4. The van der Waals surface area contributed by atoms with E-state index in [0.717, 1.165) is 38.3 Å². The standard InChI is InChI=1S/C42H30N2O4/c45-39-31-22-30(25-10-2-1-3-11-25)34-28-20-21-29(35(34)38(31)42(48)43(39)32-18-8-14-23-12-4-6-16-26(23)32)37-36(28)40(46)44(41(37)47)33-19-9-15-24-13-5-7-17-27(24)33/h1-21,28-29,31,35-38H,22H2/t28-,29+,31+,35-,36+,37+,38-/m0/s1. The third-order valence-electron chi connectivity index (χ3n) is 11.6. The zero-order valence-electron chi connectivity index (χ0n) is 25.9. The number of hydrogen-bond donors (Lipinski definition) is 0. The van der Waals surface area contributed by atoms with Gasteiger partial charge in [0.1, 0.15) is 0 Å². The van der Waals surface area contributed by atoms with Crippen LogP contribution in [0.25, 0.3) is 27.1 Å². The summed E-state index contributed by atoms with van der Waals surface area (Å²) in [6, 6.07) is 37.1. The molecule has 2 heterocycles. The predicted molar refractivity (Wildman–Crippen MR) is 184 cm³/mol. The minimum absolute atomic E-state index is 0.188. The van der Waals surface area contributed by atoms with Gasteiger partial charge in [0.05, 0.1) is 35.0 Å². The molecule has 5 aromatic rings. The molecule has 5 aromatic carbocycles. The Morgan fingerprint density at radius 2 is 1.02 bits per heavy atom. The first kappa shape index (κ1) is 27.5. The fourth-order valence-corrected chi connectivity index (χ4v) is 9.80. The van der Waals surface area contributed by atoms with E-state index in [2.05, 4.69) is 24.3 Å². The number of nitrogens with zero attached hydrogens (tertiary/aromatic N) is 2. The number of benzene rings is 5. The Bertz CT molecular complexity index is 2310. The molecule has 1 saturated carbocycles. The second-order valence-corrected chi connectivity index (χ2v) is 13.7. The number of allylic oxidation sites excluding steroid dienone is 4. The first-order chi connectivity index (χ1) is 23.5. The van der Waals surface area contributed by atoms with Crippen molar-refractivity contribution < 1.29 is 19.2 Å². The number of amides is 4. The van der Waals surface area contributed by atoms with Crippen LogP contribution in [0.15, 0.2) is 133 Å². The summed E-state index contributed by atoms with van der Waals surface area (Å²) in [5.41, 5.74) is 4.29. The molecule has 3 fully saturated rings. The van der Waals surface area contributed by atoms with Crippen LogP contribution < -0.4 is 9.80 Å². The lowest BCUT2D eigenvalue weighted by molar-refractivity contribution is -0.129. The van der Waals surface area contributed by atoms with Crippen molar-refractivity contribution in [1.82, 2.24) is 0 Å². The van der Waals surface area contributed by atoms with E-state index in [9.17, 15) is 19.2 Å². The van der Waals surface area contributed by atoms with Crippen molar-refractivity contribution in [3.8, 4) is 0 Å². The summed E-state index contributed by atoms with van der Waals surface area (Å²) < 4.78 is 0. The monoisotopic (exact) mass is 626 g/mol. The van der Waals surface area contributed by atoms with Gasteiger partial charge in [0.25, 0.3) is 0 Å². The lowest BCUT2D eigenvalue weighted by Crippen LogP contribution is -2.51. The first-order valence-electron chi connectivity index (χ1n) is 16.7. The molecule has 7 atom stereocenters. The van der Waals surface area contributed by atoms with E-state index in [4.69, 9.17) is 0 Å². The fraction of sp³-hybridized carbons (Fsp3) is 0.190. The molecular weight excluding hydrogens is 596 g/mol. The molecule has 4 amide bonds. The molecule has 2 bridgehead atoms. The maximum Gasteiger partial charge on any atom is 0.238 e. The lowest BCUT2D eigenvalue weighted by Gasteiger charge is -2.51. The third kappa shape index (κ3) is 3.52. The molecule has 0 N–H and O–H groups in total. The number of rotatable bonds is 3. The van der Waals surface area contributed by atoms with Crippen molar-refractivity contribution in [3.63, 3.8) is 0 Å². The van der Waals surface area contributed by atoms with Crippen molar-refractivity contribution >= 4 is 62.1 Å². The van der Waals surface area contributed by atoms with Gasteiger partial charge < -0.3 is 0 Å². The Balaban J connectivity index is 1.14. The molecule has 2 saturated heterocycles. The molecule has 6 aliphatic rings. The topological polar surface area (TPSA) is 74.8 Å². The highest BCUT2D eigenvalue weighted by molar-refractivity contribution is 6.27. The van der Waals surface area contributed by atoms with Crippen LogP contribution in [0.3, 0.4) is 0 Å². The number of fused-ring (bicyclic) bond motifs is 3. The van der Waals surface area contributed by atoms with Gasteiger partial charge in [-0.2, -0.15) is 0 Å². The molecule has 11 rings (SSSR count). The summed E-state index contributed by atoms with van der Waals surface area (Å²) in [6.07, 6.45) is 4.58. The minimum Gasteiger partial charge on any atom is -0.274 e. The van der Waals surface area contributed by atoms with Gasteiger partial charge in [0, 0.05) is 22.6 Å². The zero-order valence-corrected chi connectivity index (χ0v) is 25.9. The summed E-state index contributed by atoms with van der Waals surface area (Å²) in [6.45, 7) is 0. The van der Waals surface area contributed by atoms with Crippen molar-refractivity contribution in [2.24, 2.45) is 41.4 Å². The summed E-state index contributed by atoms with van der Waals surface area (Å²) in [4.78, 5) is 61.2. The van der Waals surface area contributed by atoms with Gasteiger partial charge in [0.2, 0.25) is 23.6 Å². The van der Waals surface area contributed by atoms with E-state index in [1.165, 1.54) is 9.80 Å². The number of carbonyl (C=O) groups excluding carboxylic acids is 4. The van der Waals surface area contributed by atoms with Crippen LogP contribution in [0.2, 0.25) is 0 Å². The normalized spacial score (nSPS) is 28.9. The highest BCUT2D eigenvalue weighted by atomic mass is 16.2. The Kier molecular flexibility index (Phi) is 5.69. The van der Waals surface area contributed by atoms with Crippen LogP contribution in [0.4, 0.5) is 11.4 Å². The molecule has 2 aliphatic heterocycles. The number of anilines is 2. The maximum atomic E-state index is 14.7. The Morgan fingerprint density at radius 3 is 1.69 bits per heavy atom. The van der Waals surface area contributed by atoms with E-state index in [1.807, 2.05) is 103 Å².